The van der Waals surface area contributed by atoms with Gasteiger partial charge in [0.15, 0.2) is 0 Å². The van der Waals surface area contributed by atoms with Crippen molar-refractivity contribution in [3.63, 3.8) is 0 Å². The van der Waals surface area contributed by atoms with E-state index in [1.54, 1.807) is 13.2 Å². The molecule has 2 aromatic carbocycles. The molecule has 132 valence electrons. The Balaban J connectivity index is 1.84. The van der Waals surface area contributed by atoms with Gasteiger partial charge in [-0.15, -0.1) is 0 Å². The van der Waals surface area contributed by atoms with E-state index in [-0.39, 0.29) is 5.91 Å². The summed E-state index contributed by atoms with van der Waals surface area (Å²) in [6.45, 7) is 5.89. The lowest BCUT2D eigenvalue weighted by Crippen LogP contribution is -2.44. The SMILES string of the molecule is COc1c(C)cccc1C(=O)Nc1ccccc1N1CCN(C)CC1. The molecule has 5 nitrogen and oxygen atoms in total. The number of hydrogen-bond donors (Lipinski definition) is 1. The third kappa shape index (κ3) is 3.77. The number of likely N-dealkylation sites (N-methyl/N-ethyl adjacent to an activating group) is 1. The zero-order valence-corrected chi connectivity index (χ0v) is 15.1. The van der Waals surface area contributed by atoms with Crippen LogP contribution in [-0.2, 0) is 0 Å². The number of nitrogens with zero attached hydrogens (tertiary/aromatic N) is 2. The van der Waals surface area contributed by atoms with E-state index >= 15 is 0 Å². The van der Waals surface area contributed by atoms with Gasteiger partial charge in [-0.3, -0.25) is 4.79 Å². The van der Waals surface area contributed by atoms with E-state index in [1.807, 2.05) is 37.3 Å². The van der Waals surface area contributed by atoms with Crippen molar-refractivity contribution in [1.82, 2.24) is 4.90 Å². The number of benzene rings is 2. The summed E-state index contributed by atoms with van der Waals surface area (Å²) in [5, 5.41) is 3.06. The van der Waals surface area contributed by atoms with Gasteiger partial charge in [-0.1, -0.05) is 24.3 Å². The zero-order valence-electron chi connectivity index (χ0n) is 15.1. The molecular formula is C20H25N3O2. The first-order valence-corrected chi connectivity index (χ1v) is 8.57. The van der Waals surface area contributed by atoms with E-state index < -0.39 is 0 Å². The summed E-state index contributed by atoms with van der Waals surface area (Å²) in [4.78, 5) is 17.5. The average Bonchev–Trinajstić information content (AvgIpc) is 2.62. The Kier molecular flexibility index (Phi) is 5.24. The Morgan fingerprint density at radius 3 is 2.48 bits per heavy atom. The van der Waals surface area contributed by atoms with Gasteiger partial charge in [0.2, 0.25) is 0 Å². The van der Waals surface area contributed by atoms with E-state index in [2.05, 4.69) is 28.2 Å². The second-order valence-corrected chi connectivity index (χ2v) is 6.42. The topological polar surface area (TPSA) is 44.8 Å². The smallest absolute Gasteiger partial charge is 0.259 e. The van der Waals surface area contributed by atoms with Crippen LogP contribution in [0.4, 0.5) is 11.4 Å². The Morgan fingerprint density at radius 2 is 1.76 bits per heavy atom. The van der Waals surface area contributed by atoms with E-state index in [1.165, 1.54) is 0 Å². The van der Waals surface area contributed by atoms with Crippen LogP contribution in [-0.4, -0.2) is 51.1 Å². The fourth-order valence-electron chi connectivity index (χ4n) is 3.19. The van der Waals surface area contributed by atoms with Crippen molar-refractivity contribution in [3.05, 3.63) is 53.6 Å². The van der Waals surface area contributed by atoms with Crippen LogP contribution in [0.5, 0.6) is 5.75 Å². The van der Waals surface area contributed by atoms with Crippen LogP contribution in [0.25, 0.3) is 0 Å². The molecule has 3 rings (SSSR count). The van der Waals surface area contributed by atoms with Crippen molar-refractivity contribution in [3.8, 4) is 5.75 Å². The summed E-state index contributed by atoms with van der Waals surface area (Å²) in [7, 11) is 3.73. The first-order valence-electron chi connectivity index (χ1n) is 8.57. The Morgan fingerprint density at radius 1 is 1.04 bits per heavy atom. The lowest BCUT2D eigenvalue weighted by molar-refractivity contribution is 0.102. The van der Waals surface area contributed by atoms with Gasteiger partial charge in [0.05, 0.1) is 24.0 Å². The molecule has 5 heteroatoms. The maximum absolute atomic E-state index is 12.8. The minimum Gasteiger partial charge on any atom is -0.496 e. The highest BCUT2D eigenvalue weighted by Crippen LogP contribution is 2.29. The molecule has 1 aliphatic rings. The van der Waals surface area contributed by atoms with Crippen molar-refractivity contribution in [1.29, 1.82) is 0 Å². The highest BCUT2D eigenvalue weighted by molar-refractivity contribution is 6.08. The molecule has 25 heavy (non-hydrogen) atoms. The highest BCUT2D eigenvalue weighted by Gasteiger charge is 2.19. The number of nitrogens with one attached hydrogen (secondary N) is 1. The molecule has 0 aromatic heterocycles. The fourth-order valence-corrected chi connectivity index (χ4v) is 3.19. The second kappa shape index (κ2) is 7.57. The molecule has 0 atom stereocenters. The predicted molar refractivity (Wildman–Crippen MR) is 102 cm³/mol. The van der Waals surface area contributed by atoms with Crippen molar-refractivity contribution in [2.24, 2.45) is 0 Å². The maximum atomic E-state index is 12.8. The number of hydrogen-bond acceptors (Lipinski definition) is 4. The lowest BCUT2D eigenvalue weighted by Gasteiger charge is -2.35. The van der Waals surface area contributed by atoms with E-state index in [9.17, 15) is 4.79 Å². The van der Waals surface area contributed by atoms with Gasteiger partial charge < -0.3 is 19.9 Å². The summed E-state index contributed by atoms with van der Waals surface area (Å²) in [6, 6.07) is 13.6. The number of para-hydroxylation sites is 3. The third-order valence-electron chi connectivity index (χ3n) is 4.66. The maximum Gasteiger partial charge on any atom is 0.259 e. The number of methoxy groups -OCH3 is 1. The van der Waals surface area contributed by atoms with Crippen LogP contribution in [0, 0.1) is 6.92 Å². The largest absolute Gasteiger partial charge is 0.496 e. The van der Waals surface area contributed by atoms with Gasteiger partial charge in [0.25, 0.3) is 5.91 Å². The number of amides is 1. The quantitative estimate of drug-likeness (QED) is 0.930. The van der Waals surface area contributed by atoms with Crippen molar-refractivity contribution < 1.29 is 9.53 Å². The minimum absolute atomic E-state index is 0.151. The van der Waals surface area contributed by atoms with Crippen LogP contribution >= 0.6 is 0 Å². The standard InChI is InChI=1S/C20H25N3O2/c1-15-7-6-8-16(19(15)25-3)20(24)21-17-9-4-5-10-18(17)23-13-11-22(2)12-14-23/h4-10H,11-14H2,1-3H3,(H,21,24). The number of carbonyl (C=O) groups excluding carboxylic acids is 1. The molecule has 1 fully saturated rings. The minimum atomic E-state index is -0.151. The van der Waals surface area contributed by atoms with Gasteiger partial charge in [-0.05, 0) is 37.7 Å². The summed E-state index contributed by atoms with van der Waals surface area (Å²) in [5.41, 5.74) is 3.40. The summed E-state index contributed by atoms with van der Waals surface area (Å²) in [6.07, 6.45) is 0. The van der Waals surface area contributed by atoms with Crippen molar-refractivity contribution in [2.45, 2.75) is 6.92 Å². The van der Waals surface area contributed by atoms with Gasteiger partial charge in [-0.25, -0.2) is 0 Å². The Hall–Kier alpha value is -2.53. The van der Waals surface area contributed by atoms with Crippen LogP contribution in [0.1, 0.15) is 15.9 Å². The molecule has 0 spiro atoms. The number of ether oxygens (including phenoxy) is 1. The predicted octanol–water partition coefficient (Wildman–Crippen LogP) is 3.01. The van der Waals surface area contributed by atoms with Crippen molar-refractivity contribution >= 4 is 17.3 Å². The van der Waals surface area contributed by atoms with Gasteiger partial charge in [0.1, 0.15) is 5.75 Å². The monoisotopic (exact) mass is 339 g/mol. The number of aryl methyl sites for hydroxylation is 1. The van der Waals surface area contributed by atoms with E-state index in [0.29, 0.717) is 11.3 Å². The van der Waals surface area contributed by atoms with Gasteiger partial charge in [0, 0.05) is 26.2 Å². The summed E-state index contributed by atoms with van der Waals surface area (Å²) in [5.74, 6) is 0.471. The first kappa shape index (κ1) is 17.3. The summed E-state index contributed by atoms with van der Waals surface area (Å²) >= 11 is 0. The summed E-state index contributed by atoms with van der Waals surface area (Å²) < 4.78 is 5.42. The van der Waals surface area contributed by atoms with Crippen LogP contribution < -0.4 is 15.0 Å². The van der Waals surface area contributed by atoms with Crippen molar-refractivity contribution in [2.75, 3.05) is 50.6 Å². The number of carbonyl (C=O) groups is 1. The first-order chi connectivity index (χ1) is 12.1. The molecule has 0 aliphatic carbocycles. The molecule has 0 radical (unpaired) electrons. The molecule has 1 aliphatic heterocycles. The second-order valence-electron chi connectivity index (χ2n) is 6.42. The number of rotatable bonds is 4. The molecule has 0 unspecified atom stereocenters. The fraction of sp³-hybridized carbons (Fsp3) is 0.350. The third-order valence-corrected chi connectivity index (χ3v) is 4.66. The van der Waals surface area contributed by atoms with E-state index in [0.717, 1.165) is 43.1 Å². The molecule has 0 bridgehead atoms. The van der Waals surface area contributed by atoms with Crippen LogP contribution in [0.3, 0.4) is 0 Å². The molecule has 2 aromatic rings. The normalized spacial score (nSPS) is 15.1. The lowest BCUT2D eigenvalue weighted by atomic mass is 10.1. The average molecular weight is 339 g/mol. The number of piperazine rings is 1. The highest BCUT2D eigenvalue weighted by atomic mass is 16.5. The molecule has 1 N–H and O–H groups in total. The number of anilines is 2. The van der Waals surface area contributed by atoms with Crippen LogP contribution in [0.2, 0.25) is 0 Å². The zero-order chi connectivity index (χ0) is 17.8. The molecule has 0 saturated carbocycles. The molecule has 1 heterocycles. The molecular weight excluding hydrogens is 314 g/mol. The molecule has 1 saturated heterocycles. The van der Waals surface area contributed by atoms with Crippen LogP contribution in [0.15, 0.2) is 42.5 Å². The van der Waals surface area contributed by atoms with Gasteiger partial charge >= 0.3 is 0 Å². The van der Waals surface area contributed by atoms with Gasteiger partial charge in [-0.2, -0.15) is 0 Å². The molecule has 1 amide bonds. The Bertz CT molecular complexity index is 752. The van der Waals surface area contributed by atoms with E-state index in [4.69, 9.17) is 4.74 Å². The Labute approximate surface area is 149 Å².